The zero-order valence-electron chi connectivity index (χ0n) is 25.9. The van der Waals surface area contributed by atoms with E-state index in [9.17, 15) is 5.11 Å². The Morgan fingerprint density at radius 3 is 1.93 bits per heavy atom. The van der Waals surface area contributed by atoms with Crippen LogP contribution in [-0.2, 0) is 10.1 Å². The van der Waals surface area contributed by atoms with Gasteiger partial charge in [-0.25, -0.2) is 0 Å². The van der Waals surface area contributed by atoms with Crippen molar-refractivity contribution in [2.75, 3.05) is 4.90 Å². The van der Waals surface area contributed by atoms with Crippen molar-refractivity contribution in [3.8, 4) is 22.3 Å². The first-order valence-electron chi connectivity index (χ1n) is 15.0. The van der Waals surface area contributed by atoms with Crippen molar-refractivity contribution in [3.05, 3.63) is 132 Å². The van der Waals surface area contributed by atoms with Crippen molar-refractivity contribution in [2.24, 2.45) is 0 Å². The average molecular weight is 565 g/mol. The van der Waals surface area contributed by atoms with Gasteiger partial charge in [0.2, 0.25) is 0 Å². The van der Waals surface area contributed by atoms with Crippen LogP contribution in [0.2, 0.25) is 0 Å². The van der Waals surface area contributed by atoms with E-state index >= 15 is 0 Å². The van der Waals surface area contributed by atoms with Crippen molar-refractivity contribution >= 4 is 30.0 Å². The summed E-state index contributed by atoms with van der Waals surface area (Å²) < 4.78 is 6.12. The standard InChI is InChI=1S/C39H39BNO2/c1-37(2)35-18-11-10-17-33(35)34-24-23-32(26-36(34)37)41(30-21-19-28(20-22-30)27-13-8-7-9-14-27)31-16-12-15-29(25-31)40-43-39(5,6)38(3,4)42/h7-26,42H,1-6H3. The molecule has 6 rings (SSSR count). The summed E-state index contributed by atoms with van der Waals surface area (Å²) in [6.45, 7) is 12.0. The van der Waals surface area contributed by atoms with E-state index in [1.54, 1.807) is 21.3 Å². The molecule has 1 radical (unpaired) electrons. The number of nitrogens with zero attached hydrogens (tertiary/aromatic N) is 1. The summed E-state index contributed by atoms with van der Waals surface area (Å²) in [4.78, 5) is 2.31. The van der Waals surface area contributed by atoms with E-state index in [1.807, 2.05) is 26.0 Å². The average Bonchev–Trinajstić information content (AvgIpc) is 3.23. The van der Waals surface area contributed by atoms with Crippen LogP contribution in [-0.4, -0.2) is 23.8 Å². The summed E-state index contributed by atoms with van der Waals surface area (Å²) in [5.41, 5.74) is 9.96. The molecule has 5 aromatic carbocycles. The predicted octanol–water partition coefficient (Wildman–Crippen LogP) is 8.94. The van der Waals surface area contributed by atoms with Gasteiger partial charge >= 0.3 is 7.48 Å². The fourth-order valence-electron chi connectivity index (χ4n) is 5.81. The maximum Gasteiger partial charge on any atom is 0.330 e. The maximum absolute atomic E-state index is 10.6. The maximum atomic E-state index is 10.6. The molecule has 0 spiro atoms. The third kappa shape index (κ3) is 5.42. The van der Waals surface area contributed by atoms with Crippen molar-refractivity contribution in [3.63, 3.8) is 0 Å². The van der Waals surface area contributed by atoms with E-state index < -0.39 is 11.2 Å². The Hall–Kier alpha value is -4.12. The highest BCUT2D eigenvalue weighted by Gasteiger charge is 2.37. The molecule has 0 unspecified atom stereocenters. The van der Waals surface area contributed by atoms with Crippen LogP contribution in [0.1, 0.15) is 52.7 Å². The smallest absolute Gasteiger partial charge is 0.330 e. The Morgan fingerprint density at radius 2 is 1.21 bits per heavy atom. The molecule has 1 N–H and O–H groups in total. The minimum atomic E-state index is -0.998. The first-order valence-corrected chi connectivity index (χ1v) is 15.0. The van der Waals surface area contributed by atoms with E-state index in [0.29, 0.717) is 0 Å². The molecule has 3 nitrogen and oxygen atoms in total. The molecule has 0 saturated heterocycles. The highest BCUT2D eigenvalue weighted by atomic mass is 16.5. The zero-order valence-corrected chi connectivity index (χ0v) is 25.9. The van der Waals surface area contributed by atoms with Crippen molar-refractivity contribution < 1.29 is 9.76 Å². The minimum Gasteiger partial charge on any atom is -0.427 e. The molecule has 215 valence electrons. The molecular weight excluding hydrogens is 525 g/mol. The van der Waals surface area contributed by atoms with Crippen LogP contribution in [0.15, 0.2) is 121 Å². The number of hydrogen-bond acceptors (Lipinski definition) is 3. The Labute approximate surface area is 257 Å². The molecule has 0 amide bonds. The zero-order chi connectivity index (χ0) is 30.4. The minimum absolute atomic E-state index is 0.100. The van der Waals surface area contributed by atoms with Gasteiger partial charge in [0.25, 0.3) is 0 Å². The van der Waals surface area contributed by atoms with Crippen molar-refractivity contribution in [1.29, 1.82) is 0 Å². The molecule has 0 atom stereocenters. The van der Waals surface area contributed by atoms with Crippen LogP contribution in [0.3, 0.4) is 0 Å². The fraction of sp³-hybridized carbons (Fsp3) is 0.231. The third-order valence-electron chi connectivity index (χ3n) is 9.15. The summed E-state index contributed by atoms with van der Waals surface area (Å²) >= 11 is 0. The Balaban J connectivity index is 1.42. The highest BCUT2D eigenvalue weighted by molar-refractivity contribution is 6.47. The van der Waals surface area contributed by atoms with Crippen molar-refractivity contribution in [2.45, 2.75) is 58.2 Å². The first kappa shape index (κ1) is 29.0. The van der Waals surface area contributed by atoms with Crippen LogP contribution in [0.5, 0.6) is 0 Å². The SMILES string of the molecule is CC1(C)c2ccccc2-c2ccc(N(c3ccc(-c4ccccc4)cc3)c3cccc([B]OC(C)(C)C(C)(C)O)c3)cc21. The lowest BCUT2D eigenvalue weighted by atomic mass is 9.82. The van der Waals surface area contributed by atoms with Gasteiger partial charge in [-0.15, -0.1) is 0 Å². The second-order valence-electron chi connectivity index (χ2n) is 13.0. The molecule has 43 heavy (non-hydrogen) atoms. The molecule has 0 fully saturated rings. The van der Waals surface area contributed by atoms with Crippen LogP contribution >= 0.6 is 0 Å². The number of anilines is 3. The highest BCUT2D eigenvalue weighted by Crippen LogP contribution is 2.50. The number of fused-ring (bicyclic) bond motifs is 3. The molecule has 0 bridgehead atoms. The normalized spacial score (nSPS) is 13.7. The predicted molar refractivity (Wildman–Crippen MR) is 181 cm³/mol. The van der Waals surface area contributed by atoms with Gasteiger partial charge in [-0.3, -0.25) is 0 Å². The Bertz CT molecular complexity index is 1750. The molecule has 0 saturated carbocycles. The van der Waals surface area contributed by atoms with E-state index in [-0.39, 0.29) is 5.41 Å². The summed E-state index contributed by atoms with van der Waals surface area (Å²) in [5, 5.41) is 10.6. The number of rotatable bonds is 8. The lowest BCUT2D eigenvalue weighted by Gasteiger charge is -2.37. The molecule has 5 aromatic rings. The molecule has 0 aliphatic heterocycles. The molecule has 1 aliphatic rings. The number of benzene rings is 5. The molecular formula is C39H39BNO2. The second kappa shape index (κ2) is 10.9. The molecule has 1 aliphatic carbocycles. The van der Waals surface area contributed by atoms with E-state index in [2.05, 4.69) is 128 Å². The summed E-state index contributed by atoms with van der Waals surface area (Å²) in [5.74, 6) is 0. The van der Waals surface area contributed by atoms with Crippen molar-refractivity contribution in [1.82, 2.24) is 0 Å². The largest absolute Gasteiger partial charge is 0.427 e. The van der Waals surface area contributed by atoms with Gasteiger partial charge in [-0.05, 0) is 97.5 Å². The Morgan fingerprint density at radius 1 is 0.605 bits per heavy atom. The lowest BCUT2D eigenvalue weighted by molar-refractivity contribution is -0.0893. The third-order valence-corrected chi connectivity index (χ3v) is 9.15. The Kier molecular flexibility index (Phi) is 7.32. The first-order chi connectivity index (χ1) is 20.5. The van der Waals surface area contributed by atoms with E-state index in [0.717, 1.165) is 22.5 Å². The van der Waals surface area contributed by atoms with Gasteiger partial charge in [-0.1, -0.05) is 104 Å². The summed E-state index contributed by atoms with van der Waals surface area (Å²) in [6, 6.07) is 43.2. The van der Waals surface area contributed by atoms with Gasteiger partial charge in [0.05, 0.1) is 11.2 Å². The fourth-order valence-corrected chi connectivity index (χ4v) is 5.81. The molecule has 4 heteroatoms. The van der Waals surface area contributed by atoms with Gasteiger partial charge in [0.1, 0.15) is 0 Å². The number of aliphatic hydroxyl groups is 1. The van der Waals surface area contributed by atoms with E-state index in [1.165, 1.54) is 33.4 Å². The summed E-state index contributed by atoms with van der Waals surface area (Å²) in [7, 11) is 1.75. The quantitative estimate of drug-likeness (QED) is 0.191. The second-order valence-corrected chi connectivity index (χ2v) is 13.0. The molecule has 0 heterocycles. The van der Waals surface area contributed by atoms with Crippen LogP contribution in [0, 0.1) is 0 Å². The van der Waals surface area contributed by atoms with E-state index in [4.69, 9.17) is 4.65 Å². The van der Waals surface area contributed by atoms with Gasteiger partial charge < -0.3 is 14.7 Å². The van der Waals surface area contributed by atoms with Crippen LogP contribution < -0.4 is 10.4 Å². The number of hydrogen-bond donors (Lipinski definition) is 1. The van der Waals surface area contributed by atoms with Gasteiger partial charge in [0, 0.05) is 22.5 Å². The topological polar surface area (TPSA) is 32.7 Å². The van der Waals surface area contributed by atoms with Gasteiger partial charge in [-0.2, -0.15) is 0 Å². The molecule has 0 aromatic heterocycles. The summed E-state index contributed by atoms with van der Waals surface area (Å²) in [6.07, 6.45) is 0. The van der Waals surface area contributed by atoms with Crippen LogP contribution in [0.4, 0.5) is 17.1 Å². The van der Waals surface area contributed by atoms with Crippen LogP contribution in [0.25, 0.3) is 22.3 Å². The van der Waals surface area contributed by atoms with Gasteiger partial charge in [0.15, 0.2) is 0 Å². The lowest BCUT2D eigenvalue weighted by Crippen LogP contribution is -2.49. The monoisotopic (exact) mass is 564 g/mol.